The van der Waals surface area contributed by atoms with E-state index in [9.17, 15) is 19.5 Å². The van der Waals surface area contributed by atoms with Gasteiger partial charge in [-0.2, -0.15) is 0 Å². The lowest BCUT2D eigenvalue weighted by Crippen LogP contribution is -2.65. The summed E-state index contributed by atoms with van der Waals surface area (Å²) < 4.78 is 11.3. The topological polar surface area (TPSA) is 89.9 Å². The van der Waals surface area contributed by atoms with Gasteiger partial charge in [0, 0.05) is 40.9 Å². The fourth-order valence-corrected chi connectivity index (χ4v) is 8.61. The van der Waals surface area contributed by atoms with E-state index in [0.717, 1.165) is 5.57 Å². The summed E-state index contributed by atoms with van der Waals surface area (Å²) in [5, 5.41) is 11.5. The SMILES string of the molecule is C=C1C=C[C@@]2(C)C(=C1)C[C@@H](Cl)[C@@H]1[C@@H]2[C@@H](O)C[C@@]2(C)[C@H]1C[C@@H](C)[C@@]2(OC(=O)CC)C(=O)COC(=O)CC. The number of hydrogen-bond acceptors (Lipinski definition) is 6. The van der Waals surface area contributed by atoms with Crippen LogP contribution in [0.5, 0.6) is 0 Å². The molecule has 0 radical (unpaired) electrons. The summed E-state index contributed by atoms with van der Waals surface area (Å²) in [6.07, 6.45) is 7.32. The number of esters is 2. The second-order valence-corrected chi connectivity index (χ2v) is 12.2. The summed E-state index contributed by atoms with van der Waals surface area (Å²) in [4.78, 5) is 38.5. The van der Waals surface area contributed by atoms with Crippen LogP contribution < -0.4 is 0 Å². The highest BCUT2D eigenvalue weighted by molar-refractivity contribution is 6.21. The van der Waals surface area contributed by atoms with E-state index in [1.54, 1.807) is 13.8 Å². The molecule has 0 aromatic heterocycles. The molecule has 4 aliphatic rings. The molecule has 6 nitrogen and oxygen atoms in total. The van der Waals surface area contributed by atoms with Gasteiger partial charge in [-0.25, -0.2) is 0 Å². The number of Topliss-reactive ketones (excluding diaryl/α,β-unsaturated/α-hetero) is 1. The quantitative estimate of drug-likeness (QED) is 0.396. The van der Waals surface area contributed by atoms with Gasteiger partial charge in [0.2, 0.25) is 5.78 Å². The lowest BCUT2D eigenvalue weighted by molar-refractivity contribution is -0.205. The molecule has 7 heteroatoms. The van der Waals surface area contributed by atoms with Crippen LogP contribution in [-0.2, 0) is 23.9 Å². The third-order valence-corrected chi connectivity index (χ3v) is 10.2. The molecule has 4 aliphatic carbocycles. The minimum absolute atomic E-state index is 0.0595. The number of ether oxygens (including phenoxy) is 2. The minimum Gasteiger partial charge on any atom is -0.457 e. The average molecular weight is 519 g/mol. The Balaban J connectivity index is 1.79. The lowest BCUT2D eigenvalue weighted by atomic mass is 9.46. The van der Waals surface area contributed by atoms with E-state index in [1.807, 2.05) is 19.9 Å². The molecule has 0 aromatic rings. The summed E-state index contributed by atoms with van der Waals surface area (Å²) in [7, 11) is 0. The number of carbonyl (C=O) groups is 3. The Bertz CT molecular complexity index is 1030. The summed E-state index contributed by atoms with van der Waals surface area (Å²) >= 11 is 7.12. The first-order chi connectivity index (χ1) is 16.9. The van der Waals surface area contributed by atoms with Crippen molar-refractivity contribution in [2.45, 2.75) is 83.8 Å². The Morgan fingerprint density at radius 2 is 1.86 bits per heavy atom. The van der Waals surface area contributed by atoms with Crippen LogP contribution in [0, 0.1) is 34.5 Å². The van der Waals surface area contributed by atoms with Gasteiger partial charge in [-0.05, 0) is 36.7 Å². The van der Waals surface area contributed by atoms with Crippen LogP contribution in [0.4, 0.5) is 0 Å². The number of aliphatic hydroxyl groups excluding tert-OH is 1. The Morgan fingerprint density at radius 1 is 1.19 bits per heavy atom. The van der Waals surface area contributed by atoms with Crippen molar-refractivity contribution in [2.24, 2.45) is 34.5 Å². The number of fused-ring (bicyclic) bond motifs is 5. The molecule has 4 rings (SSSR count). The smallest absolute Gasteiger partial charge is 0.306 e. The van der Waals surface area contributed by atoms with Crippen LogP contribution in [0.1, 0.15) is 66.7 Å². The Labute approximate surface area is 219 Å². The molecule has 0 heterocycles. The largest absolute Gasteiger partial charge is 0.457 e. The number of aliphatic hydroxyl groups is 1. The van der Waals surface area contributed by atoms with Crippen molar-refractivity contribution in [3.63, 3.8) is 0 Å². The molecule has 0 amide bonds. The molecule has 0 saturated heterocycles. The van der Waals surface area contributed by atoms with Crippen molar-refractivity contribution in [1.82, 2.24) is 0 Å². The van der Waals surface area contributed by atoms with Gasteiger partial charge in [-0.15, -0.1) is 11.6 Å². The monoisotopic (exact) mass is 518 g/mol. The van der Waals surface area contributed by atoms with Gasteiger partial charge in [-0.3, -0.25) is 14.4 Å². The van der Waals surface area contributed by atoms with E-state index >= 15 is 0 Å². The van der Waals surface area contributed by atoms with E-state index in [-0.39, 0.29) is 53.7 Å². The van der Waals surface area contributed by atoms with E-state index in [0.29, 0.717) is 12.8 Å². The predicted molar refractivity (Wildman–Crippen MR) is 137 cm³/mol. The number of hydrogen-bond donors (Lipinski definition) is 1. The maximum Gasteiger partial charge on any atom is 0.306 e. The molecule has 3 saturated carbocycles. The zero-order chi connectivity index (χ0) is 26.6. The van der Waals surface area contributed by atoms with Crippen LogP contribution in [0.2, 0.25) is 0 Å². The maximum atomic E-state index is 13.9. The first kappa shape index (κ1) is 27.1. The molecule has 9 atom stereocenters. The molecule has 0 unspecified atom stereocenters. The van der Waals surface area contributed by atoms with E-state index < -0.39 is 41.4 Å². The van der Waals surface area contributed by atoms with Gasteiger partial charge >= 0.3 is 11.9 Å². The highest BCUT2D eigenvalue weighted by Crippen LogP contribution is 2.69. The minimum atomic E-state index is -1.50. The van der Waals surface area contributed by atoms with Crippen LogP contribution in [0.15, 0.2) is 36.0 Å². The van der Waals surface area contributed by atoms with Crippen molar-refractivity contribution < 1.29 is 29.0 Å². The van der Waals surface area contributed by atoms with Crippen LogP contribution in [0.3, 0.4) is 0 Å². The van der Waals surface area contributed by atoms with Gasteiger partial charge in [0.05, 0.1) is 6.10 Å². The molecular weight excluding hydrogens is 480 g/mol. The molecule has 0 aliphatic heterocycles. The molecule has 1 N–H and O–H groups in total. The number of carbonyl (C=O) groups excluding carboxylic acids is 3. The van der Waals surface area contributed by atoms with Crippen molar-refractivity contribution in [3.05, 3.63) is 36.0 Å². The zero-order valence-corrected chi connectivity index (χ0v) is 22.8. The van der Waals surface area contributed by atoms with Crippen LogP contribution in [-0.4, -0.2) is 46.5 Å². The first-order valence-corrected chi connectivity index (χ1v) is 13.6. The second-order valence-electron chi connectivity index (χ2n) is 11.6. The number of ketones is 1. The summed E-state index contributed by atoms with van der Waals surface area (Å²) in [5.74, 6) is -1.99. The summed E-state index contributed by atoms with van der Waals surface area (Å²) in [6, 6.07) is 0. The van der Waals surface area contributed by atoms with Crippen molar-refractivity contribution in [2.75, 3.05) is 6.61 Å². The normalized spacial score (nSPS) is 43.1. The molecule has 36 heavy (non-hydrogen) atoms. The van der Waals surface area contributed by atoms with Gasteiger partial charge < -0.3 is 14.6 Å². The summed E-state index contributed by atoms with van der Waals surface area (Å²) in [6.45, 7) is 13.0. The number of allylic oxidation sites excluding steroid dienone is 5. The van der Waals surface area contributed by atoms with Crippen molar-refractivity contribution in [3.8, 4) is 0 Å². The third kappa shape index (κ3) is 3.82. The lowest BCUT2D eigenvalue weighted by Gasteiger charge is -2.61. The number of alkyl halides is 1. The van der Waals surface area contributed by atoms with Gasteiger partial charge in [0.15, 0.2) is 12.2 Å². The standard InChI is InChI=1S/C29H39ClO6/c1-7-23(33)35-15-22(32)29(36-24(34)8-2)17(4)12-19-25-20(30)13-18-11-16(3)9-10-27(18,5)26(25)21(31)14-28(19,29)6/h9-11,17,19-21,25-26,31H,3,7-8,12-15H2,1-2,4-6H3/t17-,19+,20-,21+,25-,26+,27+,28+,29-/m1/s1. The van der Waals surface area contributed by atoms with Crippen LogP contribution >= 0.6 is 11.6 Å². The summed E-state index contributed by atoms with van der Waals surface area (Å²) in [5.41, 5.74) is -0.633. The number of halogens is 1. The van der Waals surface area contributed by atoms with E-state index in [4.69, 9.17) is 21.1 Å². The van der Waals surface area contributed by atoms with Crippen molar-refractivity contribution >= 4 is 29.3 Å². The molecule has 198 valence electrons. The zero-order valence-electron chi connectivity index (χ0n) is 22.0. The number of rotatable bonds is 6. The van der Waals surface area contributed by atoms with E-state index in [1.165, 1.54) is 5.57 Å². The van der Waals surface area contributed by atoms with Gasteiger partial charge in [0.25, 0.3) is 0 Å². The van der Waals surface area contributed by atoms with Crippen LogP contribution in [0.25, 0.3) is 0 Å². The fourth-order valence-electron chi connectivity index (χ4n) is 8.11. The third-order valence-electron chi connectivity index (χ3n) is 9.75. The Morgan fingerprint density at radius 3 is 2.50 bits per heavy atom. The predicted octanol–water partition coefficient (Wildman–Crippen LogP) is 4.93. The van der Waals surface area contributed by atoms with Gasteiger partial charge in [0.1, 0.15) is 0 Å². The molecule has 0 spiro atoms. The highest BCUT2D eigenvalue weighted by atomic mass is 35.5. The molecule has 0 aromatic carbocycles. The second kappa shape index (κ2) is 9.43. The highest BCUT2D eigenvalue weighted by Gasteiger charge is 2.73. The average Bonchev–Trinajstić information content (AvgIpc) is 3.04. The Hall–Kier alpha value is -1.92. The molecular formula is C29H39ClO6. The Kier molecular flexibility index (Phi) is 7.11. The fraction of sp³-hybridized carbons (Fsp3) is 0.690. The van der Waals surface area contributed by atoms with Gasteiger partial charge in [-0.1, -0.05) is 65.0 Å². The van der Waals surface area contributed by atoms with E-state index in [2.05, 4.69) is 25.7 Å². The van der Waals surface area contributed by atoms with Crippen molar-refractivity contribution in [1.29, 1.82) is 0 Å². The first-order valence-electron chi connectivity index (χ1n) is 13.2. The molecule has 0 bridgehead atoms. The maximum absolute atomic E-state index is 13.9. The molecule has 3 fully saturated rings.